The minimum Gasteiger partial charge on any atom is -0.355 e. The molecule has 0 aliphatic rings. The van der Waals surface area contributed by atoms with E-state index in [1.165, 1.54) is 5.56 Å². The van der Waals surface area contributed by atoms with E-state index < -0.39 is 0 Å². The Hall–Kier alpha value is -3.44. The molecule has 3 aromatic carbocycles. The first-order valence-electron chi connectivity index (χ1n) is 9.63. The summed E-state index contributed by atoms with van der Waals surface area (Å²) in [6.45, 7) is 2.32. The van der Waals surface area contributed by atoms with Crippen LogP contribution in [0.5, 0.6) is 0 Å². The largest absolute Gasteiger partial charge is 0.355 e. The number of hydrogen-bond donors (Lipinski definition) is 3. The van der Waals surface area contributed by atoms with Crippen LogP contribution in [0.15, 0.2) is 78.9 Å². The van der Waals surface area contributed by atoms with E-state index in [1.54, 1.807) is 31.3 Å². The van der Waals surface area contributed by atoms with Gasteiger partial charge in [-0.25, -0.2) is 0 Å². The van der Waals surface area contributed by atoms with Gasteiger partial charge >= 0.3 is 0 Å². The third kappa shape index (κ3) is 5.53. The molecule has 5 nitrogen and oxygen atoms in total. The Kier molecular flexibility index (Phi) is 6.76. The normalized spacial score (nSPS) is 11.5. The van der Waals surface area contributed by atoms with Crippen molar-refractivity contribution in [3.05, 3.63) is 101 Å². The summed E-state index contributed by atoms with van der Waals surface area (Å²) in [6, 6.07) is 25.5. The second-order valence-corrected chi connectivity index (χ2v) is 6.95. The van der Waals surface area contributed by atoms with E-state index in [4.69, 9.17) is 0 Å². The molecule has 3 rings (SSSR count). The van der Waals surface area contributed by atoms with E-state index in [2.05, 4.69) is 54.0 Å². The SMILES string of the molecule is CNC(=O)c1cccc(NC(=O)C[NH2+][C@@H](c2ccccc2)c2ccc(C)cc2)c1. The number of amides is 2. The van der Waals surface area contributed by atoms with Gasteiger partial charge in [0.25, 0.3) is 11.8 Å². The quantitative estimate of drug-likeness (QED) is 0.582. The molecule has 148 valence electrons. The molecule has 0 spiro atoms. The second-order valence-electron chi connectivity index (χ2n) is 6.95. The summed E-state index contributed by atoms with van der Waals surface area (Å²) in [5.41, 5.74) is 4.61. The molecule has 0 saturated carbocycles. The first-order chi connectivity index (χ1) is 14.1. The lowest BCUT2D eigenvalue weighted by atomic mass is 9.98. The maximum atomic E-state index is 12.5. The summed E-state index contributed by atoms with van der Waals surface area (Å²) in [5.74, 6) is -0.303. The molecule has 0 bridgehead atoms. The Labute approximate surface area is 171 Å². The molecule has 0 radical (unpaired) electrons. The molecule has 0 unspecified atom stereocenters. The van der Waals surface area contributed by atoms with E-state index in [1.807, 2.05) is 23.5 Å². The van der Waals surface area contributed by atoms with Crippen molar-refractivity contribution in [3.8, 4) is 0 Å². The fourth-order valence-electron chi connectivity index (χ4n) is 3.22. The molecule has 5 heteroatoms. The number of aryl methyl sites for hydroxylation is 1. The Balaban J connectivity index is 1.70. The van der Waals surface area contributed by atoms with Crippen molar-refractivity contribution in [1.82, 2.24) is 5.32 Å². The van der Waals surface area contributed by atoms with Crippen LogP contribution < -0.4 is 16.0 Å². The van der Waals surface area contributed by atoms with Gasteiger partial charge in [0, 0.05) is 29.4 Å². The van der Waals surface area contributed by atoms with Crippen LogP contribution in [0.4, 0.5) is 5.69 Å². The van der Waals surface area contributed by atoms with Crippen LogP contribution in [0.25, 0.3) is 0 Å². The fourth-order valence-corrected chi connectivity index (χ4v) is 3.22. The average Bonchev–Trinajstić information content (AvgIpc) is 2.75. The first kappa shape index (κ1) is 20.3. The minimum absolute atomic E-state index is 0.0275. The van der Waals surface area contributed by atoms with Gasteiger partial charge in [-0.2, -0.15) is 0 Å². The van der Waals surface area contributed by atoms with Crippen LogP contribution in [0, 0.1) is 6.92 Å². The highest BCUT2D eigenvalue weighted by atomic mass is 16.2. The van der Waals surface area contributed by atoms with Gasteiger partial charge in [0.2, 0.25) is 0 Å². The highest BCUT2D eigenvalue weighted by molar-refractivity contribution is 5.97. The standard InChI is InChI=1S/C24H25N3O2/c1-17-11-13-19(14-12-17)23(18-7-4-3-5-8-18)26-16-22(28)27-21-10-6-9-20(15-21)24(29)25-2/h3-15,23,26H,16H2,1-2H3,(H,25,29)(H,27,28)/p+1/t23-/m0/s1. The number of carbonyl (C=O) groups excluding carboxylic acids is 2. The summed E-state index contributed by atoms with van der Waals surface area (Å²) < 4.78 is 0. The molecule has 0 aliphatic heterocycles. The highest BCUT2D eigenvalue weighted by Crippen LogP contribution is 2.18. The number of nitrogens with one attached hydrogen (secondary N) is 2. The maximum absolute atomic E-state index is 12.5. The number of quaternary nitrogens is 1. The fraction of sp³-hybridized carbons (Fsp3) is 0.167. The minimum atomic E-state index is -0.184. The average molecular weight is 388 g/mol. The van der Waals surface area contributed by atoms with Crippen LogP contribution in [0.1, 0.15) is 33.1 Å². The molecular formula is C24H26N3O2+. The van der Waals surface area contributed by atoms with Gasteiger partial charge in [-0.05, 0) is 25.1 Å². The van der Waals surface area contributed by atoms with Crippen LogP contribution in [-0.4, -0.2) is 25.4 Å². The molecule has 3 aromatic rings. The molecular weight excluding hydrogens is 362 g/mol. The van der Waals surface area contributed by atoms with Gasteiger partial charge in [-0.15, -0.1) is 0 Å². The zero-order valence-electron chi connectivity index (χ0n) is 16.7. The van der Waals surface area contributed by atoms with Crippen LogP contribution in [0.3, 0.4) is 0 Å². The van der Waals surface area contributed by atoms with Crippen molar-refractivity contribution in [3.63, 3.8) is 0 Å². The topological polar surface area (TPSA) is 74.8 Å². The van der Waals surface area contributed by atoms with Crippen LogP contribution >= 0.6 is 0 Å². The van der Waals surface area contributed by atoms with E-state index in [-0.39, 0.29) is 24.4 Å². The monoisotopic (exact) mass is 388 g/mol. The van der Waals surface area contributed by atoms with Gasteiger partial charge in [-0.3, -0.25) is 9.59 Å². The summed E-state index contributed by atoms with van der Waals surface area (Å²) in [6.07, 6.45) is 0. The lowest BCUT2D eigenvalue weighted by molar-refractivity contribution is -0.676. The van der Waals surface area contributed by atoms with Crippen LogP contribution in [0.2, 0.25) is 0 Å². The zero-order chi connectivity index (χ0) is 20.6. The molecule has 29 heavy (non-hydrogen) atoms. The Morgan fingerprint density at radius 1 is 0.897 bits per heavy atom. The van der Waals surface area contributed by atoms with E-state index in [9.17, 15) is 9.59 Å². The Bertz CT molecular complexity index is 969. The molecule has 0 aliphatic carbocycles. The maximum Gasteiger partial charge on any atom is 0.279 e. The van der Waals surface area contributed by atoms with Crippen molar-refractivity contribution in [2.24, 2.45) is 0 Å². The number of benzene rings is 3. The molecule has 1 atom stereocenters. The Morgan fingerprint density at radius 2 is 1.59 bits per heavy atom. The molecule has 0 saturated heterocycles. The molecule has 0 fully saturated rings. The zero-order valence-corrected chi connectivity index (χ0v) is 16.7. The molecule has 4 N–H and O–H groups in total. The van der Waals surface area contributed by atoms with Gasteiger partial charge in [0.15, 0.2) is 6.54 Å². The van der Waals surface area contributed by atoms with Crippen molar-refractivity contribution in [2.45, 2.75) is 13.0 Å². The van der Waals surface area contributed by atoms with Crippen molar-refractivity contribution in [2.75, 3.05) is 18.9 Å². The molecule has 0 heterocycles. The third-order valence-electron chi connectivity index (χ3n) is 4.77. The van der Waals surface area contributed by atoms with Gasteiger partial charge in [0.1, 0.15) is 6.04 Å². The predicted molar refractivity (Wildman–Crippen MR) is 115 cm³/mol. The van der Waals surface area contributed by atoms with Gasteiger partial charge in [-0.1, -0.05) is 66.2 Å². The highest BCUT2D eigenvalue weighted by Gasteiger charge is 2.19. The number of hydrogen-bond acceptors (Lipinski definition) is 2. The lowest BCUT2D eigenvalue weighted by Gasteiger charge is -2.17. The summed E-state index contributed by atoms with van der Waals surface area (Å²) in [4.78, 5) is 24.3. The van der Waals surface area contributed by atoms with Crippen LogP contribution in [-0.2, 0) is 4.79 Å². The lowest BCUT2D eigenvalue weighted by Crippen LogP contribution is -2.87. The number of nitrogens with two attached hydrogens (primary N) is 1. The van der Waals surface area contributed by atoms with Crippen molar-refractivity contribution >= 4 is 17.5 Å². The second kappa shape index (κ2) is 9.66. The first-order valence-corrected chi connectivity index (χ1v) is 9.63. The smallest absolute Gasteiger partial charge is 0.279 e. The number of anilines is 1. The summed E-state index contributed by atoms with van der Waals surface area (Å²) in [5, 5.41) is 7.49. The van der Waals surface area contributed by atoms with Crippen molar-refractivity contribution < 1.29 is 14.9 Å². The molecule has 0 aromatic heterocycles. The summed E-state index contributed by atoms with van der Waals surface area (Å²) >= 11 is 0. The van der Waals surface area contributed by atoms with E-state index in [0.717, 1.165) is 11.1 Å². The summed E-state index contributed by atoms with van der Waals surface area (Å²) in [7, 11) is 1.58. The van der Waals surface area contributed by atoms with Crippen molar-refractivity contribution in [1.29, 1.82) is 0 Å². The number of carbonyl (C=O) groups is 2. The van der Waals surface area contributed by atoms with Gasteiger partial charge in [0.05, 0.1) is 0 Å². The van der Waals surface area contributed by atoms with Gasteiger partial charge < -0.3 is 16.0 Å². The van der Waals surface area contributed by atoms with E-state index in [0.29, 0.717) is 11.3 Å². The van der Waals surface area contributed by atoms with E-state index >= 15 is 0 Å². The Morgan fingerprint density at radius 3 is 2.28 bits per heavy atom. The third-order valence-corrected chi connectivity index (χ3v) is 4.77. The predicted octanol–water partition coefficient (Wildman–Crippen LogP) is 2.65. The number of rotatable bonds is 7. The molecule has 2 amide bonds.